The molecule has 0 radical (unpaired) electrons. The third kappa shape index (κ3) is 8.43. The molecule has 0 bridgehead atoms. The molecule has 1 aromatic heterocycles. The van der Waals surface area contributed by atoms with Crippen LogP contribution in [0.4, 0.5) is 16.2 Å². The summed E-state index contributed by atoms with van der Waals surface area (Å²) >= 11 is 0. The number of ether oxygens (including phenoxy) is 1. The highest BCUT2D eigenvalue weighted by molar-refractivity contribution is 5.94. The molecule has 4 aromatic carbocycles. The highest BCUT2D eigenvalue weighted by Gasteiger charge is 2.30. The summed E-state index contributed by atoms with van der Waals surface area (Å²) in [5.74, 6) is 0.287. The van der Waals surface area contributed by atoms with Crippen LogP contribution in [0, 0.1) is 0 Å². The van der Waals surface area contributed by atoms with E-state index >= 15 is 0 Å². The Morgan fingerprint density at radius 2 is 1.73 bits per heavy atom. The third-order valence-electron chi connectivity index (χ3n) is 9.50. The Kier molecular flexibility index (Phi) is 11.5. The number of aromatic hydroxyl groups is 1. The van der Waals surface area contributed by atoms with Crippen LogP contribution in [0.15, 0.2) is 102 Å². The second-order valence-corrected chi connectivity index (χ2v) is 12.9. The van der Waals surface area contributed by atoms with Crippen molar-refractivity contribution in [2.75, 3.05) is 43.5 Å². The van der Waals surface area contributed by atoms with Crippen LogP contribution in [0.25, 0.3) is 22.0 Å². The fourth-order valence-electron chi connectivity index (χ4n) is 6.84. The van der Waals surface area contributed by atoms with Crippen LogP contribution in [0.2, 0.25) is 0 Å². The third-order valence-corrected chi connectivity index (χ3v) is 9.50. The lowest BCUT2D eigenvalue weighted by molar-refractivity contribution is -0.116. The number of carboxylic acid groups (broad SMARTS) is 1. The highest BCUT2D eigenvalue weighted by Crippen LogP contribution is 2.34. The molecule has 52 heavy (non-hydrogen) atoms. The van der Waals surface area contributed by atoms with Crippen LogP contribution in [0.1, 0.15) is 36.5 Å². The Balaban J connectivity index is 0.986. The minimum absolute atomic E-state index is 0.0675. The second kappa shape index (κ2) is 16.6. The Labute approximate surface area is 301 Å². The van der Waals surface area contributed by atoms with Gasteiger partial charge in [-0.1, -0.05) is 60.7 Å². The number of methoxy groups -OCH3 is 1. The number of rotatable bonds is 13. The number of nitrogens with zero attached hydrogens (tertiary/aromatic N) is 2. The van der Waals surface area contributed by atoms with Crippen molar-refractivity contribution in [2.24, 2.45) is 0 Å². The number of carbonyl (C=O) groups is 2. The summed E-state index contributed by atoms with van der Waals surface area (Å²) in [5, 5.41) is 38.0. The van der Waals surface area contributed by atoms with E-state index in [1.807, 2.05) is 66.7 Å². The lowest BCUT2D eigenvalue weighted by Gasteiger charge is -2.37. The molecule has 1 fully saturated rings. The number of piperidine rings is 1. The van der Waals surface area contributed by atoms with Gasteiger partial charge in [0.05, 0.1) is 30.1 Å². The summed E-state index contributed by atoms with van der Waals surface area (Å²) in [6, 6.07) is 28.7. The van der Waals surface area contributed by atoms with Crippen molar-refractivity contribution >= 4 is 34.3 Å². The Hall–Kier alpha value is -5.69. The second-order valence-electron chi connectivity index (χ2n) is 12.9. The number of para-hydroxylation sites is 1. The number of anilines is 2. The van der Waals surface area contributed by atoms with Gasteiger partial charge in [-0.25, -0.2) is 4.79 Å². The van der Waals surface area contributed by atoms with Crippen molar-refractivity contribution < 1.29 is 29.6 Å². The van der Waals surface area contributed by atoms with Crippen molar-refractivity contribution in [3.05, 3.63) is 119 Å². The molecule has 0 aliphatic carbocycles. The van der Waals surface area contributed by atoms with E-state index in [4.69, 9.17) is 4.74 Å². The normalized spacial score (nSPS) is 14.2. The molecule has 1 aliphatic heterocycles. The molecule has 1 atom stereocenters. The molecule has 270 valence electrons. The van der Waals surface area contributed by atoms with E-state index in [0.717, 1.165) is 16.7 Å². The van der Waals surface area contributed by atoms with Gasteiger partial charge in [0.2, 0.25) is 11.5 Å². The van der Waals surface area contributed by atoms with Crippen LogP contribution in [-0.4, -0.2) is 76.5 Å². The molecule has 0 unspecified atom stereocenters. The van der Waals surface area contributed by atoms with E-state index in [2.05, 4.69) is 20.5 Å². The van der Waals surface area contributed by atoms with E-state index in [0.29, 0.717) is 67.1 Å². The van der Waals surface area contributed by atoms with Crippen LogP contribution >= 0.6 is 0 Å². The first kappa shape index (κ1) is 36.1. The maximum absolute atomic E-state index is 13.0. The first-order valence-corrected chi connectivity index (χ1v) is 17.3. The molecular weight excluding hydrogens is 662 g/mol. The molecule has 6 rings (SSSR count). The molecule has 1 saturated heterocycles. The number of H-pyrrole nitrogens is 1. The zero-order chi connectivity index (χ0) is 36.6. The number of aliphatic hydroxyl groups is 1. The van der Waals surface area contributed by atoms with Crippen molar-refractivity contribution in [1.29, 1.82) is 0 Å². The zero-order valence-electron chi connectivity index (χ0n) is 28.9. The molecule has 0 spiro atoms. The lowest BCUT2D eigenvalue weighted by Crippen LogP contribution is -2.47. The number of hydrogen-bond acceptors (Lipinski definition) is 8. The molecule has 2 amide bonds. The Morgan fingerprint density at radius 3 is 2.48 bits per heavy atom. The molecule has 1 aliphatic rings. The summed E-state index contributed by atoms with van der Waals surface area (Å²) in [5.41, 5.74) is 4.46. The predicted molar refractivity (Wildman–Crippen MR) is 201 cm³/mol. The van der Waals surface area contributed by atoms with Gasteiger partial charge in [0, 0.05) is 62.2 Å². The zero-order valence-corrected chi connectivity index (χ0v) is 28.9. The number of pyridine rings is 1. The molecule has 2 heterocycles. The summed E-state index contributed by atoms with van der Waals surface area (Å²) in [4.78, 5) is 43.5. The van der Waals surface area contributed by atoms with Gasteiger partial charge in [0.15, 0.2) is 0 Å². The largest absolute Gasteiger partial charge is 0.506 e. The minimum atomic E-state index is -0.975. The van der Waals surface area contributed by atoms with Crippen molar-refractivity contribution in [2.45, 2.75) is 38.0 Å². The minimum Gasteiger partial charge on any atom is -0.506 e. The van der Waals surface area contributed by atoms with E-state index in [1.165, 1.54) is 24.1 Å². The van der Waals surface area contributed by atoms with Crippen LogP contribution in [0.3, 0.4) is 0 Å². The fourth-order valence-corrected chi connectivity index (χ4v) is 6.84. The van der Waals surface area contributed by atoms with Gasteiger partial charge in [-0.3, -0.25) is 14.5 Å². The number of aliphatic hydroxyl groups excluding tert-OH is 1. The molecule has 6 N–H and O–H groups in total. The topological polar surface area (TPSA) is 167 Å². The number of phenolic OH excluding ortho intramolecular Hbond substituents is 1. The number of nitrogens with one attached hydrogen (secondary N) is 3. The number of benzene rings is 4. The van der Waals surface area contributed by atoms with Crippen LogP contribution < -0.4 is 25.8 Å². The average molecular weight is 706 g/mol. The predicted octanol–water partition coefficient (Wildman–Crippen LogP) is 5.71. The van der Waals surface area contributed by atoms with E-state index < -0.39 is 12.2 Å². The van der Waals surface area contributed by atoms with E-state index in [-0.39, 0.29) is 41.7 Å². The number of phenols is 1. The Morgan fingerprint density at radius 1 is 0.981 bits per heavy atom. The van der Waals surface area contributed by atoms with Crippen molar-refractivity contribution in [1.82, 2.24) is 15.2 Å². The van der Waals surface area contributed by atoms with Gasteiger partial charge >= 0.3 is 6.09 Å². The van der Waals surface area contributed by atoms with Gasteiger partial charge in [-0.05, 0) is 59.9 Å². The first-order valence-electron chi connectivity index (χ1n) is 17.3. The fraction of sp³-hybridized carbons (Fsp3) is 0.275. The SMILES string of the molecule is COc1cc(CNC[C@H](O)c2ccc(O)c3[nH]c(=O)ccc23)ccc1NC(=O)CCN1CCC(N(C(=O)O)c2ccccc2-c2ccccc2)CC1. The van der Waals surface area contributed by atoms with Crippen molar-refractivity contribution in [3.8, 4) is 22.6 Å². The average Bonchev–Trinajstić information content (AvgIpc) is 3.16. The van der Waals surface area contributed by atoms with Gasteiger partial charge in [-0.15, -0.1) is 0 Å². The monoisotopic (exact) mass is 705 g/mol. The number of aromatic nitrogens is 1. The molecule has 12 heteroatoms. The maximum Gasteiger partial charge on any atom is 0.412 e. The number of carbonyl (C=O) groups excluding carboxylic acids is 1. The van der Waals surface area contributed by atoms with Crippen LogP contribution in [-0.2, 0) is 11.3 Å². The number of aromatic amines is 1. The Bertz CT molecular complexity index is 2080. The number of likely N-dealkylation sites (tertiary alicyclic amines) is 1. The highest BCUT2D eigenvalue weighted by atomic mass is 16.5. The quantitative estimate of drug-likeness (QED) is 0.0900. The molecule has 0 saturated carbocycles. The number of amides is 2. The summed E-state index contributed by atoms with van der Waals surface area (Å²) < 4.78 is 5.57. The summed E-state index contributed by atoms with van der Waals surface area (Å²) in [7, 11) is 1.54. The van der Waals surface area contributed by atoms with Crippen LogP contribution in [0.5, 0.6) is 11.5 Å². The van der Waals surface area contributed by atoms with Gasteiger partial charge in [0.1, 0.15) is 11.5 Å². The van der Waals surface area contributed by atoms with Gasteiger partial charge in [0.25, 0.3) is 0 Å². The molecule has 5 aromatic rings. The van der Waals surface area contributed by atoms with Crippen molar-refractivity contribution in [3.63, 3.8) is 0 Å². The first-order chi connectivity index (χ1) is 25.2. The maximum atomic E-state index is 13.0. The summed E-state index contributed by atoms with van der Waals surface area (Å²) in [6.07, 6.45) is -0.285. The number of hydrogen-bond donors (Lipinski definition) is 6. The van der Waals surface area contributed by atoms with E-state index in [1.54, 1.807) is 18.2 Å². The summed E-state index contributed by atoms with van der Waals surface area (Å²) in [6.45, 7) is 2.54. The lowest BCUT2D eigenvalue weighted by atomic mass is 9.98. The molecule has 12 nitrogen and oxygen atoms in total. The standard InChI is InChI=1S/C40H43N5O7/c1-52-36-23-26(24-41-25-35(47)30-12-15-34(46)39-31(30)13-16-37(48)43-39)11-14-32(36)42-38(49)19-22-44-20-17-28(18-21-44)45(40(50)51)33-10-6-5-9-29(33)27-7-3-2-4-8-27/h2-16,23,28,35,41,46-47H,17-22,24-25H2,1H3,(H,42,49)(H,43,48)(H,50,51)/t35-/m0/s1. The van der Waals surface area contributed by atoms with E-state index in [9.17, 15) is 29.7 Å². The number of fused-ring (bicyclic) bond motifs is 1. The van der Waals surface area contributed by atoms with Gasteiger partial charge < -0.3 is 40.6 Å². The molecular formula is C40H43N5O7. The van der Waals surface area contributed by atoms with Gasteiger partial charge in [-0.2, -0.15) is 0 Å². The smallest absolute Gasteiger partial charge is 0.412 e.